The largest absolute Gasteiger partial charge is 0.481 e. The molecule has 0 bridgehead atoms. The molecule has 1 saturated heterocycles. The zero-order valence-electron chi connectivity index (χ0n) is 10.1. The maximum absolute atomic E-state index is 12.0. The van der Waals surface area contributed by atoms with Crippen LogP contribution < -0.4 is 10.6 Å². The maximum atomic E-state index is 12.0. The number of carboxylic acids is 1. The highest BCUT2D eigenvalue weighted by Gasteiger charge is 2.37. The van der Waals surface area contributed by atoms with E-state index >= 15 is 0 Å². The van der Waals surface area contributed by atoms with Crippen LogP contribution in [0.15, 0.2) is 0 Å². The van der Waals surface area contributed by atoms with E-state index in [4.69, 9.17) is 5.11 Å². The molecule has 3 N–H and O–H groups in total. The standard InChI is InChI=1S/C12H20N2O3/c1-7-5-13-6-9(7)11(15)14-10-4-2-3-8(10)12(16)17/h7-10,13H,2-6H2,1H3,(H,14,15)(H,16,17). The van der Waals surface area contributed by atoms with Crippen molar-refractivity contribution in [2.45, 2.75) is 32.2 Å². The first-order chi connectivity index (χ1) is 8.09. The minimum absolute atomic E-state index is 0.00922. The van der Waals surface area contributed by atoms with Gasteiger partial charge in [-0.05, 0) is 25.3 Å². The number of carbonyl (C=O) groups is 2. The quantitative estimate of drug-likeness (QED) is 0.659. The number of nitrogens with one attached hydrogen (secondary N) is 2. The second-order valence-corrected chi connectivity index (χ2v) is 5.23. The highest BCUT2D eigenvalue weighted by Crippen LogP contribution is 2.26. The molecule has 1 aliphatic heterocycles. The molecule has 1 aliphatic carbocycles. The lowest BCUT2D eigenvalue weighted by atomic mass is 9.96. The lowest BCUT2D eigenvalue weighted by molar-refractivity contribution is -0.142. The summed E-state index contributed by atoms with van der Waals surface area (Å²) in [5.41, 5.74) is 0. The number of amides is 1. The molecule has 1 heterocycles. The van der Waals surface area contributed by atoms with Gasteiger partial charge in [-0.25, -0.2) is 0 Å². The first kappa shape index (κ1) is 12.4. The minimum atomic E-state index is -0.787. The summed E-state index contributed by atoms with van der Waals surface area (Å²) in [7, 11) is 0. The van der Waals surface area contributed by atoms with E-state index in [1.165, 1.54) is 0 Å². The third kappa shape index (κ3) is 2.60. The number of aliphatic carboxylic acids is 1. The average Bonchev–Trinajstić information content (AvgIpc) is 2.86. The molecular weight excluding hydrogens is 220 g/mol. The second-order valence-electron chi connectivity index (χ2n) is 5.23. The van der Waals surface area contributed by atoms with Gasteiger partial charge >= 0.3 is 5.97 Å². The highest BCUT2D eigenvalue weighted by molar-refractivity contribution is 5.81. The minimum Gasteiger partial charge on any atom is -0.481 e. The Morgan fingerprint density at radius 1 is 1.24 bits per heavy atom. The molecule has 5 heteroatoms. The van der Waals surface area contributed by atoms with Crippen LogP contribution in [0.2, 0.25) is 0 Å². The van der Waals surface area contributed by atoms with Gasteiger partial charge in [0.05, 0.1) is 11.8 Å². The highest BCUT2D eigenvalue weighted by atomic mass is 16.4. The van der Waals surface area contributed by atoms with Gasteiger partial charge in [-0.2, -0.15) is 0 Å². The van der Waals surface area contributed by atoms with Crippen LogP contribution in [-0.2, 0) is 9.59 Å². The molecular formula is C12H20N2O3. The SMILES string of the molecule is CC1CNCC1C(=O)NC1CCCC1C(=O)O. The van der Waals surface area contributed by atoms with Crippen LogP contribution in [0.3, 0.4) is 0 Å². The van der Waals surface area contributed by atoms with Crippen LogP contribution >= 0.6 is 0 Å². The monoisotopic (exact) mass is 240 g/mol. The topological polar surface area (TPSA) is 78.4 Å². The molecule has 4 unspecified atom stereocenters. The fourth-order valence-electron chi connectivity index (χ4n) is 2.88. The van der Waals surface area contributed by atoms with Gasteiger partial charge in [0.2, 0.25) is 5.91 Å². The van der Waals surface area contributed by atoms with Crippen molar-refractivity contribution in [3.8, 4) is 0 Å². The predicted octanol–water partition coefficient (Wildman–Crippen LogP) is 0.211. The Hall–Kier alpha value is -1.10. The molecule has 2 fully saturated rings. The molecule has 1 amide bonds. The van der Waals surface area contributed by atoms with Gasteiger partial charge in [0, 0.05) is 12.6 Å². The molecule has 2 aliphatic rings. The van der Waals surface area contributed by atoms with Crippen molar-refractivity contribution in [2.24, 2.45) is 17.8 Å². The second kappa shape index (κ2) is 5.04. The molecule has 17 heavy (non-hydrogen) atoms. The van der Waals surface area contributed by atoms with Gasteiger partial charge in [0.1, 0.15) is 0 Å². The molecule has 96 valence electrons. The van der Waals surface area contributed by atoms with Gasteiger partial charge in [-0.3, -0.25) is 9.59 Å². The fraction of sp³-hybridized carbons (Fsp3) is 0.833. The first-order valence-electron chi connectivity index (χ1n) is 6.33. The number of hydrogen-bond acceptors (Lipinski definition) is 3. The summed E-state index contributed by atoms with van der Waals surface area (Å²) in [6, 6.07) is -0.173. The van der Waals surface area contributed by atoms with Gasteiger partial charge in [-0.1, -0.05) is 13.3 Å². The normalized spacial score (nSPS) is 37.0. The molecule has 0 aromatic carbocycles. The smallest absolute Gasteiger partial charge is 0.308 e. The van der Waals surface area contributed by atoms with E-state index in [1.807, 2.05) is 6.92 Å². The van der Waals surface area contributed by atoms with Gasteiger partial charge in [0.25, 0.3) is 0 Å². The predicted molar refractivity (Wildman–Crippen MR) is 62.4 cm³/mol. The Labute approximate surface area is 101 Å². The van der Waals surface area contributed by atoms with Crippen LogP contribution in [0.5, 0.6) is 0 Å². The van der Waals surface area contributed by atoms with E-state index in [0.717, 1.165) is 19.4 Å². The van der Waals surface area contributed by atoms with E-state index in [1.54, 1.807) is 0 Å². The van der Waals surface area contributed by atoms with Crippen molar-refractivity contribution in [2.75, 3.05) is 13.1 Å². The van der Waals surface area contributed by atoms with Crippen molar-refractivity contribution in [1.29, 1.82) is 0 Å². The Balaban J connectivity index is 1.91. The van der Waals surface area contributed by atoms with Gasteiger partial charge in [0.15, 0.2) is 0 Å². The first-order valence-corrected chi connectivity index (χ1v) is 6.33. The summed E-state index contributed by atoms with van der Waals surface area (Å²) in [5.74, 6) is -0.848. The van der Waals surface area contributed by atoms with Crippen molar-refractivity contribution in [1.82, 2.24) is 10.6 Å². The van der Waals surface area contributed by atoms with E-state index in [2.05, 4.69) is 10.6 Å². The van der Waals surface area contributed by atoms with Crippen molar-refractivity contribution >= 4 is 11.9 Å². The fourth-order valence-corrected chi connectivity index (χ4v) is 2.88. The van der Waals surface area contributed by atoms with E-state index in [0.29, 0.717) is 18.9 Å². The Morgan fingerprint density at radius 3 is 2.59 bits per heavy atom. The number of rotatable bonds is 3. The van der Waals surface area contributed by atoms with Crippen molar-refractivity contribution in [3.63, 3.8) is 0 Å². The zero-order chi connectivity index (χ0) is 12.4. The third-order valence-corrected chi connectivity index (χ3v) is 4.02. The van der Waals surface area contributed by atoms with E-state index < -0.39 is 11.9 Å². The summed E-state index contributed by atoms with van der Waals surface area (Å²) >= 11 is 0. The molecule has 1 saturated carbocycles. The molecule has 0 aromatic heterocycles. The third-order valence-electron chi connectivity index (χ3n) is 4.02. The van der Waals surface area contributed by atoms with Gasteiger partial charge in [-0.15, -0.1) is 0 Å². The van der Waals surface area contributed by atoms with Crippen LogP contribution in [0.1, 0.15) is 26.2 Å². The molecule has 2 rings (SSSR count). The summed E-state index contributed by atoms with van der Waals surface area (Å²) in [4.78, 5) is 23.1. The summed E-state index contributed by atoms with van der Waals surface area (Å²) < 4.78 is 0. The van der Waals surface area contributed by atoms with E-state index in [-0.39, 0.29) is 17.9 Å². The molecule has 4 atom stereocenters. The lowest BCUT2D eigenvalue weighted by Crippen LogP contribution is -2.44. The number of hydrogen-bond donors (Lipinski definition) is 3. The molecule has 0 radical (unpaired) electrons. The maximum Gasteiger partial charge on any atom is 0.308 e. The van der Waals surface area contributed by atoms with E-state index in [9.17, 15) is 9.59 Å². The Bertz CT molecular complexity index is 319. The van der Waals surface area contributed by atoms with Crippen molar-refractivity contribution < 1.29 is 14.7 Å². The number of carbonyl (C=O) groups excluding carboxylic acids is 1. The summed E-state index contributed by atoms with van der Waals surface area (Å²) in [6.45, 7) is 3.62. The molecule has 0 spiro atoms. The Morgan fingerprint density at radius 2 is 2.00 bits per heavy atom. The van der Waals surface area contributed by atoms with Crippen LogP contribution in [0.25, 0.3) is 0 Å². The zero-order valence-corrected chi connectivity index (χ0v) is 10.1. The van der Waals surface area contributed by atoms with Gasteiger partial charge < -0.3 is 15.7 Å². The van der Waals surface area contributed by atoms with Crippen LogP contribution in [-0.4, -0.2) is 36.1 Å². The Kier molecular flexibility index (Phi) is 3.66. The lowest BCUT2D eigenvalue weighted by Gasteiger charge is -2.21. The van der Waals surface area contributed by atoms with Crippen molar-refractivity contribution in [3.05, 3.63) is 0 Å². The number of carboxylic acid groups (broad SMARTS) is 1. The summed E-state index contributed by atoms with van der Waals surface area (Å²) in [5, 5.41) is 15.2. The molecule has 0 aromatic rings. The average molecular weight is 240 g/mol. The molecule has 5 nitrogen and oxygen atoms in total. The van der Waals surface area contributed by atoms with Crippen LogP contribution in [0, 0.1) is 17.8 Å². The van der Waals surface area contributed by atoms with Crippen LogP contribution in [0.4, 0.5) is 0 Å². The summed E-state index contributed by atoms with van der Waals surface area (Å²) in [6.07, 6.45) is 2.36.